The van der Waals surface area contributed by atoms with Gasteiger partial charge >= 0.3 is 0 Å². The highest BCUT2D eigenvalue weighted by molar-refractivity contribution is 7.14. The molecule has 1 saturated heterocycles. The van der Waals surface area contributed by atoms with Crippen molar-refractivity contribution < 1.29 is 9.18 Å². The van der Waals surface area contributed by atoms with E-state index in [-0.39, 0.29) is 11.7 Å². The summed E-state index contributed by atoms with van der Waals surface area (Å²) in [6.07, 6.45) is 0.344. The molecule has 0 N–H and O–H groups in total. The Balaban J connectivity index is 1.33. The lowest BCUT2D eigenvalue weighted by Crippen LogP contribution is -2.49. The molecule has 7 heteroatoms. The topological polar surface area (TPSA) is 36.4 Å². The number of rotatable bonds is 4. The van der Waals surface area contributed by atoms with E-state index in [1.807, 2.05) is 21.7 Å². The van der Waals surface area contributed by atoms with Crippen LogP contribution in [0.5, 0.6) is 0 Å². The van der Waals surface area contributed by atoms with Gasteiger partial charge in [0, 0.05) is 48.2 Å². The van der Waals surface area contributed by atoms with Crippen LogP contribution in [0.2, 0.25) is 0 Å². The van der Waals surface area contributed by atoms with E-state index in [2.05, 4.69) is 15.3 Å². The number of aromatic nitrogens is 1. The van der Waals surface area contributed by atoms with Crippen LogP contribution in [-0.2, 0) is 11.2 Å². The Kier molecular flexibility index (Phi) is 4.99. The number of carbonyl (C=O) groups excluding carboxylic acids is 1. The van der Waals surface area contributed by atoms with Crippen molar-refractivity contribution >= 4 is 34.3 Å². The predicted octanol–water partition coefficient (Wildman–Crippen LogP) is 3.90. The van der Waals surface area contributed by atoms with Crippen molar-refractivity contribution in [1.82, 2.24) is 9.88 Å². The SMILES string of the molecule is O=C(Cc1csc(-c2ccsc2)n1)N1CCN(c2ccc(F)cc2)CC1. The fraction of sp³-hybridized carbons (Fsp3) is 0.263. The normalized spacial score (nSPS) is 14.7. The van der Waals surface area contributed by atoms with Gasteiger partial charge in [0.2, 0.25) is 5.91 Å². The van der Waals surface area contributed by atoms with Crippen molar-refractivity contribution in [2.45, 2.75) is 6.42 Å². The Bertz CT molecular complexity index is 869. The van der Waals surface area contributed by atoms with Crippen LogP contribution in [-0.4, -0.2) is 42.0 Å². The molecular formula is C19H18FN3OS2. The van der Waals surface area contributed by atoms with Crippen LogP contribution in [0.3, 0.4) is 0 Å². The maximum absolute atomic E-state index is 13.0. The van der Waals surface area contributed by atoms with Crippen LogP contribution in [0.25, 0.3) is 10.6 Å². The third-order valence-electron chi connectivity index (χ3n) is 4.48. The number of hydrogen-bond donors (Lipinski definition) is 0. The molecule has 1 aliphatic rings. The second-order valence-electron chi connectivity index (χ2n) is 6.18. The van der Waals surface area contributed by atoms with Gasteiger partial charge in [0.15, 0.2) is 0 Å². The summed E-state index contributed by atoms with van der Waals surface area (Å²) in [4.78, 5) is 21.2. The third-order valence-corrected chi connectivity index (χ3v) is 6.10. The summed E-state index contributed by atoms with van der Waals surface area (Å²) in [7, 11) is 0. The fourth-order valence-electron chi connectivity index (χ4n) is 3.04. The molecule has 0 atom stereocenters. The molecule has 3 heterocycles. The Morgan fingerprint density at radius 3 is 2.54 bits per heavy atom. The Morgan fingerprint density at radius 2 is 1.85 bits per heavy atom. The van der Waals surface area contributed by atoms with Crippen molar-refractivity contribution in [3.63, 3.8) is 0 Å². The number of carbonyl (C=O) groups is 1. The molecule has 1 amide bonds. The van der Waals surface area contributed by atoms with Crippen molar-refractivity contribution in [2.24, 2.45) is 0 Å². The third kappa shape index (κ3) is 3.78. The van der Waals surface area contributed by atoms with Gasteiger partial charge in [0.05, 0.1) is 12.1 Å². The number of hydrogen-bond acceptors (Lipinski definition) is 5. The van der Waals surface area contributed by atoms with E-state index in [9.17, 15) is 9.18 Å². The Morgan fingerprint density at radius 1 is 1.08 bits per heavy atom. The highest BCUT2D eigenvalue weighted by Crippen LogP contribution is 2.26. The fourth-order valence-corrected chi connectivity index (χ4v) is 4.57. The molecule has 26 heavy (non-hydrogen) atoms. The summed E-state index contributed by atoms with van der Waals surface area (Å²) >= 11 is 3.23. The van der Waals surface area contributed by atoms with Crippen molar-refractivity contribution in [3.8, 4) is 10.6 Å². The summed E-state index contributed by atoms with van der Waals surface area (Å²) in [5, 5.41) is 7.04. The van der Waals surface area contributed by atoms with E-state index >= 15 is 0 Å². The zero-order chi connectivity index (χ0) is 17.9. The number of anilines is 1. The summed E-state index contributed by atoms with van der Waals surface area (Å²) in [6.45, 7) is 2.87. The van der Waals surface area contributed by atoms with Gasteiger partial charge < -0.3 is 9.80 Å². The number of benzene rings is 1. The zero-order valence-electron chi connectivity index (χ0n) is 14.1. The quantitative estimate of drug-likeness (QED) is 0.681. The molecule has 4 nitrogen and oxygen atoms in total. The maximum atomic E-state index is 13.0. The van der Waals surface area contributed by atoms with Gasteiger partial charge in [-0.3, -0.25) is 4.79 Å². The Hall–Kier alpha value is -2.25. The maximum Gasteiger partial charge on any atom is 0.228 e. The van der Waals surface area contributed by atoms with E-state index in [1.165, 1.54) is 12.1 Å². The van der Waals surface area contributed by atoms with Gasteiger partial charge in [-0.15, -0.1) is 11.3 Å². The molecule has 4 rings (SSSR count). The number of thiazole rings is 1. The molecule has 3 aromatic rings. The molecule has 0 radical (unpaired) electrons. The van der Waals surface area contributed by atoms with E-state index in [0.717, 1.165) is 35.0 Å². The van der Waals surface area contributed by atoms with Crippen LogP contribution in [0, 0.1) is 5.82 Å². The van der Waals surface area contributed by atoms with Gasteiger partial charge in [-0.25, -0.2) is 9.37 Å². The molecule has 2 aromatic heterocycles. The number of amides is 1. The summed E-state index contributed by atoms with van der Waals surface area (Å²) < 4.78 is 13.0. The average molecular weight is 388 g/mol. The number of nitrogens with zero attached hydrogens (tertiary/aromatic N) is 3. The van der Waals surface area contributed by atoms with Crippen molar-refractivity contribution in [3.05, 3.63) is 58.0 Å². The van der Waals surface area contributed by atoms with Crippen LogP contribution >= 0.6 is 22.7 Å². The largest absolute Gasteiger partial charge is 0.368 e. The molecule has 0 saturated carbocycles. The minimum atomic E-state index is -0.229. The lowest BCUT2D eigenvalue weighted by Gasteiger charge is -2.36. The zero-order valence-corrected chi connectivity index (χ0v) is 15.7. The highest BCUT2D eigenvalue weighted by atomic mass is 32.1. The average Bonchev–Trinajstić information content (AvgIpc) is 3.34. The number of halogens is 1. The van der Waals surface area contributed by atoms with E-state index in [4.69, 9.17) is 0 Å². The van der Waals surface area contributed by atoms with Crippen molar-refractivity contribution in [1.29, 1.82) is 0 Å². The second kappa shape index (κ2) is 7.55. The molecule has 1 aliphatic heterocycles. The molecular weight excluding hydrogens is 369 g/mol. The monoisotopic (exact) mass is 387 g/mol. The van der Waals surface area contributed by atoms with Crippen LogP contribution in [0.4, 0.5) is 10.1 Å². The number of thiophene rings is 1. The highest BCUT2D eigenvalue weighted by Gasteiger charge is 2.22. The van der Waals surface area contributed by atoms with Gasteiger partial charge in [0.25, 0.3) is 0 Å². The molecule has 1 aromatic carbocycles. The first-order valence-corrected chi connectivity index (χ1v) is 10.3. The molecule has 0 bridgehead atoms. The standard InChI is InChI=1S/C19H18FN3OS2/c20-15-1-3-17(4-2-15)22-6-8-23(9-7-22)18(24)11-16-13-26-19(21-16)14-5-10-25-12-14/h1-5,10,12-13H,6-9,11H2. The predicted molar refractivity (Wildman–Crippen MR) is 104 cm³/mol. The van der Waals surface area contributed by atoms with Gasteiger partial charge in [0.1, 0.15) is 10.8 Å². The van der Waals surface area contributed by atoms with E-state index in [1.54, 1.807) is 34.8 Å². The number of piperazine rings is 1. The van der Waals surface area contributed by atoms with Crippen LogP contribution in [0.15, 0.2) is 46.5 Å². The lowest BCUT2D eigenvalue weighted by molar-refractivity contribution is -0.130. The molecule has 0 aliphatic carbocycles. The first-order valence-electron chi connectivity index (χ1n) is 8.44. The first-order chi connectivity index (χ1) is 12.7. The molecule has 1 fully saturated rings. The van der Waals surface area contributed by atoms with Gasteiger partial charge in [-0.1, -0.05) is 0 Å². The van der Waals surface area contributed by atoms with E-state index < -0.39 is 0 Å². The smallest absolute Gasteiger partial charge is 0.228 e. The van der Waals surface area contributed by atoms with Crippen molar-refractivity contribution in [2.75, 3.05) is 31.1 Å². The lowest BCUT2D eigenvalue weighted by atomic mass is 10.2. The van der Waals surface area contributed by atoms with E-state index in [0.29, 0.717) is 19.5 Å². The minimum absolute atomic E-state index is 0.117. The van der Waals surface area contributed by atoms with Crippen LogP contribution < -0.4 is 4.90 Å². The summed E-state index contributed by atoms with van der Waals surface area (Å²) in [5.41, 5.74) is 2.95. The molecule has 0 spiro atoms. The van der Waals surface area contributed by atoms with Gasteiger partial charge in [-0.2, -0.15) is 11.3 Å². The first kappa shape index (κ1) is 17.2. The molecule has 134 valence electrons. The summed E-state index contributed by atoms with van der Waals surface area (Å²) in [5.74, 6) is -0.112. The second-order valence-corrected chi connectivity index (χ2v) is 7.82. The molecule has 0 unspecified atom stereocenters. The Labute approximate surface area is 159 Å². The summed E-state index contributed by atoms with van der Waals surface area (Å²) in [6, 6.07) is 8.56. The van der Waals surface area contributed by atoms with Gasteiger partial charge in [-0.05, 0) is 35.7 Å². The minimum Gasteiger partial charge on any atom is -0.368 e. The van der Waals surface area contributed by atoms with Crippen LogP contribution in [0.1, 0.15) is 5.69 Å².